The molecule has 62 valence electrons. The lowest BCUT2D eigenvalue weighted by molar-refractivity contribution is 0.598. The summed E-state index contributed by atoms with van der Waals surface area (Å²) in [5.74, 6) is 0.759. The summed E-state index contributed by atoms with van der Waals surface area (Å²) in [5, 5.41) is 0. The second-order valence-corrected chi connectivity index (χ2v) is 3.38. The lowest BCUT2D eigenvalue weighted by Gasteiger charge is -2.07. The van der Waals surface area contributed by atoms with Gasteiger partial charge in [0.15, 0.2) is 0 Å². The largest absolute Gasteiger partial charge is 0.352 e. The Hall–Kier alpha value is -0.720. The lowest BCUT2D eigenvalue weighted by atomic mass is 10.1. The van der Waals surface area contributed by atoms with Crippen molar-refractivity contribution in [2.24, 2.45) is 5.92 Å². The molecule has 1 rings (SSSR count). The summed E-state index contributed by atoms with van der Waals surface area (Å²) in [6.07, 6.45) is 3.35. The highest BCUT2D eigenvalue weighted by Crippen LogP contribution is 2.08. The highest BCUT2D eigenvalue weighted by molar-refractivity contribution is 5.07. The van der Waals surface area contributed by atoms with Crippen LogP contribution in [-0.4, -0.2) is 4.57 Å². The van der Waals surface area contributed by atoms with Crippen molar-refractivity contribution in [1.82, 2.24) is 4.57 Å². The topological polar surface area (TPSA) is 4.93 Å². The summed E-state index contributed by atoms with van der Waals surface area (Å²) in [5.41, 5.74) is 1.46. The minimum atomic E-state index is 0.759. The van der Waals surface area contributed by atoms with Gasteiger partial charge in [-0.2, -0.15) is 0 Å². The van der Waals surface area contributed by atoms with E-state index < -0.39 is 0 Å². The van der Waals surface area contributed by atoms with Crippen LogP contribution in [0.15, 0.2) is 18.3 Å². The summed E-state index contributed by atoms with van der Waals surface area (Å²) in [6, 6.07) is 4.34. The van der Waals surface area contributed by atoms with E-state index >= 15 is 0 Å². The number of rotatable bonds is 3. The minimum Gasteiger partial charge on any atom is -0.352 e. The van der Waals surface area contributed by atoms with Gasteiger partial charge in [-0.05, 0) is 31.4 Å². The van der Waals surface area contributed by atoms with Crippen LogP contribution in [0.4, 0.5) is 0 Å². The van der Waals surface area contributed by atoms with Gasteiger partial charge in [-0.1, -0.05) is 13.8 Å². The standard InChI is InChI=1S/C10H17N/c1-4-11-7-5-6-10(11)8-9(2)3/h5-7,9H,4,8H2,1-3H3. The van der Waals surface area contributed by atoms with Crippen LogP contribution in [0.3, 0.4) is 0 Å². The molecule has 0 saturated carbocycles. The van der Waals surface area contributed by atoms with Gasteiger partial charge in [-0.3, -0.25) is 0 Å². The van der Waals surface area contributed by atoms with Crippen molar-refractivity contribution in [3.05, 3.63) is 24.0 Å². The Bertz CT molecular complexity index is 210. The Morgan fingerprint density at radius 1 is 1.45 bits per heavy atom. The second kappa shape index (κ2) is 3.61. The normalized spacial score (nSPS) is 10.9. The summed E-state index contributed by atoms with van der Waals surface area (Å²) >= 11 is 0. The Morgan fingerprint density at radius 2 is 2.18 bits per heavy atom. The molecule has 0 aliphatic heterocycles. The maximum Gasteiger partial charge on any atom is 0.0193 e. The summed E-state index contributed by atoms with van der Waals surface area (Å²) < 4.78 is 2.31. The van der Waals surface area contributed by atoms with E-state index in [1.807, 2.05) is 0 Å². The zero-order chi connectivity index (χ0) is 8.27. The van der Waals surface area contributed by atoms with E-state index in [4.69, 9.17) is 0 Å². The molecule has 0 aliphatic rings. The van der Waals surface area contributed by atoms with Crippen molar-refractivity contribution < 1.29 is 0 Å². The zero-order valence-corrected chi connectivity index (χ0v) is 7.67. The van der Waals surface area contributed by atoms with Gasteiger partial charge in [0, 0.05) is 18.4 Å². The van der Waals surface area contributed by atoms with Gasteiger partial charge < -0.3 is 4.57 Å². The molecule has 1 heterocycles. The van der Waals surface area contributed by atoms with Gasteiger partial charge in [0.2, 0.25) is 0 Å². The molecule has 0 fully saturated rings. The highest BCUT2D eigenvalue weighted by atomic mass is 14.9. The van der Waals surface area contributed by atoms with E-state index in [1.165, 1.54) is 12.1 Å². The van der Waals surface area contributed by atoms with Crippen LogP contribution >= 0.6 is 0 Å². The minimum absolute atomic E-state index is 0.759. The van der Waals surface area contributed by atoms with E-state index in [2.05, 4.69) is 43.7 Å². The molecular weight excluding hydrogens is 134 g/mol. The van der Waals surface area contributed by atoms with Crippen LogP contribution in [0.25, 0.3) is 0 Å². The van der Waals surface area contributed by atoms with Gasteiger partial charge in [0.05, 0.1) is 0 Å². The van der Waals surface area contributed by atoms with E-state index in [9.17, 15) is 0 Å². The maximum absolute atomic E-state index is 2.31. The van der Waals surface area contributed by atoms with Crippen LogP contribution < -0.4 is 0 Å². The smallest absolute Gasteiger partial charge is 0.0193 e. The fraction of sp³-hybridized carbons (Fsp3) is 0.600. The predicted octanol–water partition coefficient (Wildman–Crippen LogP) is 2.71. The van der Waals surface area contributed by atoms with Gasteiger partial charge in [0.25, 0.3) is 0 Å². The van der Waals surface area contributed by atoms with Crippen molar-refractivity contribution in [1.29, 1.82) is 0 Å². The molecule has 1 aromatic rings. The maximum atomic E-state index is 2.31. The van der Waals surface area contributed by atoms with Crippen molar-refractivity contribution in [2.75, 3.05) is 0 Å². The van der Waals surface area contributed by atoms with Gasteiger partial charge in [0.1, 0.15) is 0 Å². The second-order valence-electron chi connectivity index (χ2n) is 3.38. The van der Waals surface area contributed by atoms with Crippen molar-refractivity contribution in [3.8, 4) is 0 Å². The van der Waals surface area contributed by atoms with Crippen molar-refractivity contribution >= 4 is 0 Å². The third kappa shape index (κ3) is 2.11. The van der Waals surface area contributed by atoms with Crippen LogP contribution in [-0.2, 0) is 13.0 Å². The first-order valence-corrected chi connectivity index (χ1v) is 4.38. The molecule has 0 bridgehead atoms. The number of aryl methyl sites for hydroxylation is 1. The number of hydrogen-bond acceptors (Lipinski definition) is 0. The molecule has 0 unspecified atom stereocenters. The Morgan fingerprint density at radius 3 is 2.73 bits per heavy atom. The van der Waals surface area contributed by atoms with Gasteiger partial charge >= 0.3 is 0 Å². The number of nitrogens with zero attached hydrogens (tertiary/aromatic N) is 1. The van der Waals surface area contributed by atoms with Crippen LogP contribution in [0.2, 0.25) is 0 Å². The van der Waals surface area contributed by atoms with E-state index in [1.54, 1.807) is 0 Å². The molecule has 1 nitrogen and oxygen atoms in total. The van der Waals surface area contributed by atoms with Gasteiger partial charge in [-0.25, -0.2) is 0 Å². The molecule has 0 N–H and O–H groups in total. The van der Waals surface area contributed by atoms with Crippen LogP contribution in [0, 0.1) is 5.92 Å². The molecule has 0 atom stereocenters. The average molecular weight is 151 g/mol. The van der Waals surface area contributed by atoms with E-state index in [-0.39, 0.29) is 0 Å². The monoisotopic (exact) mass is 151 g/mol. The molecule has 0 aromatic carbocycles. The van der Waals surface area contributed by atoms with Gasteiger partial charge in [-0.15, -0.1) is 0 Å². The Kier molecular flexibility index (Phi) is 2.75. The third-order valence-electron chi connectivity index (χ3n) is 1.88. The highest BCUT2D eigenvalue weighted by Gasteiger charge is 2.00. The fourth-order valence-corrected chi connectivity index (χ4v) is 1.36. The first-order chi connectivity index (χ1) is 5.24. The first-order valence-electron chi connectivity index (χ1n) is 4.38. The molecule has 1 aromatic heterocycles. The average Bonchev–Trinajstić information content (AvgIpc) is 2.34. The van der Waals surface area contributed by atoms with E-state index in [0.29, 0.717) is 0 Å². The number of aromatic nitrogens is 1. The summed E-state index contributed by atoms with van der Waals surface area (Å²) in [4.78, 5) is 0. The van der Waals surface area contributed by atoms with Crippen LogP contribution in [0.5, 0.6) is 0 Å². The van der Waals surface area contributed by atoms with Crippen molar-refractivity contribution in [2.45, 2.75) is 33.7 Å². The van der Waals surface area contributed by atoms with Crippen LogP contribution in [0.1, 0.15) is 26.5 Å². The SMILES string of the molecule is CCn1cccc1CC(C)C. The fourth-order valence-electron chi connectivity index (χ4n) is 1.36. The summed E-state index contributed by atoms with van der Waals surface area (Å²) in [6.45, 7) is 7.79. The quantitative estimate of drug-likeness (QED) is 0.626. The molecule has 11 heavy (non-hydrogen) atoms. The lowest BCUT2D eigenvalue weighted by Crippen LogP contribution is -2.02. The molecule has 0 saturated heterocycles. The summed E-state index contributed by atoms with van der Waals surface area (Å²) in [7, 11) is 0. The molecule has 1 heteroatoms. The molecule has 0 spiro atoms. The van der Waals surface area contributed by atoms with Crippen molar-refractivity contribution in [3.63, 3.8) is 0 Å². The van der Waals surface area contributed by atoms with E-state index in [0.717, 1.165) is 12.5 Å². The Labute approximate surface area is 69.0 Å². The molecule has 0 amide bonds. The molecule has 0 radical (unpaired) electrons. The first kappa shape index (κ1) is 8.38. The molecular formula is C10H17N. The predicted molar refractivity (Wildman–Crippen MR) is 48.6 cm³/mol. The third-order valence-corrected chi connectivity index (χ3v) is 1.88. The Balaban J connectivity index is 2.68. The number of hydrogen-bond donors (Lipinski definition) is 0. The molecule has 0 aliphatic carbocycles. The zero-order valence-electron chi connectivity index (χ0n) is 7.67.